The van der Waals surface area contributed by atoms with Crippen molar-refractivity contribution in [1.82, 2.24) is 29.7 Å². The first-order valence-corrected chi connectivity index (χ1v) is 8.41. The van der Waals surface area contributed by atoms with Crippen molar-refractivity contribution >= 4 is 5.82 Å². The van der Waals surface area contributed by atoms with Crippen LogP contribution in [0.3, 0.4) is 0 Å². The van der Waals surface area contributed by atoms with E-state index in [1.165, 1.54) is 0 Å². The number of nitrogens with two attached hydrogens (primary N) is 1. The first-order chi connectivity index (χ1) is 12.7. The Morgan fingerprint density at radius 1 is 1.23 bits per heavy atom. The van der Waals surface area contributed by atoms with Crippen LogP contribution < -0.4 is 5.73 Å². The maximum atomic E-state index is 5.97. The quantitative estimate of drug-likeness (QED) is 0.594. The lowest BCUT2D eigenvalue weighted by Gasteiger charge is -2.09. The fourth-order valence-electron chi connectivity index (χ4n) is 2.91. The minimum atomic E-state index is -0.0719. The number of hydrogen-bond donors (Lipinski definition) is 1. The van der Waals surface area contributed by atoms with E-state index in [-0.39, 0.29) is 6.04 Å². The van der Waals surface area contributed by atoms with Gasteiger partial charge in [0.15, 0.2) is 0 Å². The van der Waals surface area contributed by atoms with Crippen LogP contribution in [0.4, 0.5) is 5.82 Å². The molecule has 4 rings (SSSR count). The number of benzene rings is 1. The van der Waals surface area contributed by atoms with Crippen molar-refractivity contribution in [3.05, 3.63) is 60.4 Å². The molecule has 3 aromatic heterocycles. The number of aryl methyl sites for hydroxylation is 1. The SMILES string of the molecule is CCC(c1nc(-c2ccc(-n3nc(C)cc3N)cc2)no1)n1cccn1. The second kappa shape index (κ2) is 6.47. The van der Waals surface area contributed by atoms with Crippen molar-refractivity contribution in [2.75, 3.05) is 5.73 Å². The molecule has 0 fully saturated rings. The number of nitrogens with zero attached hydrogens (tertiary/aromatic N) is 6. The molecule has 1 unspecified atom stereocenters. The van der Waals surface area contributed by atoms with Crippen molar-refractivity contribution in [3.63, 3.8) is 0 Å². The minimum absolute atomic E-state index is 0.0719. The summed E-state index contributed by atoms with van der Waals surface area (Å²) in [4.78, 5) is 4.55. The molecule has 3 heterocycles. The van der Waals surface area contributed by atoms with E-state index in [1.54, 1.807) is 10.9 Å². The average molecular weight is 349 g/mol. The van der Waals surface area contributed by atoms with Crippen LogP contribution in [-0.2, 0) is 0 Å². The zero-order chi connectivity index (χ0) is 18.1. The first kappa shape index (κ1) is 16.1. The molecule has 8 nitrogen and oxygen atoms in total. The third-order valence-electron chi connectivity index (χ3n) is 4.19. The summed E-state index contributed by atoms with van der Waals surface area (Å²) in [6.45, 7) is 3.97. The average Bonchev–Trinajstić information content (AvgIpc) is 3.38. The van der Waals surface area contributed by atoms with Gasteiger partial charge in [0.2, 0.25) is 5.82 Å². The molecule has 0 radical (unpaired) electrons. The van der Waals surface area contributed by atoms with Crippen LogP contribution in [0.2, 0.25) is 0 Å². The van der Waals surface area contributed by atoms with Gasteiger partial charge in [0.05, 0.1) is 11.4 Å². The maximum absolute atomic E-state index is 5.97. The van der Waals surface area contributed by atoms with Crippen LogP contribution in [0.15, 0.2) is 53.3 Å². The fraction of sp³-hybridized carbons (Fsp3) is 0.222. The lowest BCUT2D eigenvalue weighted by molar-refractivity contribution is 0.321. The fourth-order valence-corrected chi connectivity index (χ4v) is 2.91. The molecule has 0 saturated heterocycles. The second-order valence-corrected chi connectivity index (χ2v) is 6.04. The second-order valence-electron chi connectivity index (χ2n) is 6.04. The van der Waals surface area contributed by atoms with E-state index in [2.05, 4.69) is 27.3 Å². The molecule has 1 atom stereocenters. The van der Waals surface area contributed by atoms with Gasteiger partial charge in [-0.2, -0.15) is 15.2 Å². The largest absolute Gasteiger partial charge is 0.384 e. The summed E-state index contributed by atoms with van der Waals surface area (Å²) in [5.41, 5.74) is 8.59. The Balaban J connectivity index is 1.61. The summed E-state index contributed by atoms with van der Waals surface area (Å²) in [6, 6.07) is 11.3. The first-order valence-electron chi connectivity index (χ1n) is 8.41. The predicted octanol–water partition coefficient (Wildman–Crippen LogP) is 3.01. The van der Waals surface area contributed by atoms with Gasteiger partial charge in [-0.25, -0.2) is 4.68 Å². The van der Waals surface area contributed by atoms with Crippen LogP contribution in [0.1, 0.15) is 31.0 Å². The maximum Gasteiger partial charge on any atom is 0.251 e. The molecular formula is C18H19N7O. The monoisotopic (exact) mass is 349 g/mol. The van der Waals surface area contributed by atoms with Crippen LogP contribution in [0, 0.1) is 6.92 Å². The smallest absolute Gasteiger partial charge is 0.251 e. The Morgan fingerprint density at radius 2 is 2.04 bits per heavy atom. The highest BCUT2D eigenvalue weighted by atomic mass is 16.5. The van der Waals surface area contributed by atoms with E-state index in [4.69, 9.17) is 10.3 Å². The van der Waals surface area contributed by atoms with Crippen molar-refractivity contribution in [2.45, 2.75) is 26.3 Å². The highest BCUT2D eigenvalue weighted by Gasteiger charge is 2.20. The molecule has 0 aliphatic rings. The summed E-state index contributed by atoms with van der Waals surface area (Å²) in [7, 11) is 0. The highest BCUT2D eigenvalue weighted by molar-refractivity contribution is 5.57. The van der Waals surface area contributed by atoms with Crippen molar-refractivity contribution < 1.29 is 4.52 Å². The normalized spacial score (nSPS) is 12.4. The topological polar surface area (TPSA) is 101 Å². The molecule has 4 aromatic rings. The Morgan fingerprint density at radius 3 is 2.65 bits per heavy atom. The van der Waals surface area contributed by atoms with Crippen LogP contribution in [0.25, 0.3) is 17.1 Å². The summed E-state index contributed by atoms with van der Waals surface area (Å²) in [5, 5.41) is 12.8. The summed E-state index contributed by atoms with van der Waals surface area (Å²) >= 11 is 0. The molecule has 0 spiro atoms. The van der Waals surface area contributed by atoms with Gasteiger partial charge in [0.1, 0.15) is 11.9 Å². The molecule has 26 heavy (non-hydrogen) atoms. The molecule has 0 amide bonds. The van der Waals surface area contributed by atoms with Crippen LogP contribution >= 0.6 is 0 Å². The van der Waals surface area contributed by atoms with E-state index in [1.807, 2.05) is 54.2 Å². The Labute approximate surface area is 150 Å². The molecule has 8 heteroatoms. The summed E-state index contributed by atoms with van der Waals surface area (Å²) < 4.78 is 9.00. The standard InChI is InChI=1S/C18H19N7O/c1-3-15(24-10-4-9-20-24)18-21-17(23-26-18)13-5-7-14(8-6-13)25-16(19)11-12(2)22-25/h4-11,15H,3,19H2,1-2H3. The number of anilines is 1. The minimum Gasteiger partial charge on any atom is -0.384 e. The van der Waals surface area contributed by atoms with E-state index in [9.17, 15) is 0 Å². The molecule has 0 bridgehead atoms. The van der Waals surface area contributed by atoms with Gasteiger partial charge in [-0.15, -0.1) is 0 Å². The Bertz CT molecular complexity index is 999. The highest BCUT2D eigenvalue weighted by Crippen LogP contribution is 2.24. The van der Waals surface area contributed by atoms with Crippen molar-refractivity contribution in [3.8, 4) is 17.1 Å². The molecule has 132 valence electrons. The number of rotatable bonds is 5. The number of aromatic nitrogens is 6. The number of hydrogen-bond acceptors (Lipinski definition) is 6. The third-order valence-corrected chi connectivity index (χ3v) is 4.19. The van der Waals surface area contributed by atoms with Gasteiger partial charge in [0, 0.05) is 24.0 Å². The van der Waals surface area contributed by atoms with Crippen LogP contribution in [-0.4, -0.2) is 29.7 Å². The zero-order valence-electron chi connectivity index (χ0n) is 14.6. The van der Waals surface area contributed by atoms with Crippen molar-refractivity contribution in [1.29, 1.82) is 0 Å². The van der Waals surface area contributed by atoms with E-state index >= 15 is 0 Å². The molecule has 0 saturated carbocycles. The Kier molecular flexibility index (Phi) is 4.00. The van der Waals surface area contributed by atoms with Crippen molar-refractivity contribution in [2.24, 2.45) is 0 Å². The Hall–Kier alpha value is -3.42. The van der Waals surface area contributed by atoms with Gasteiger partial charge in [-0.05, 0) is 43.7 Å². The van der Waals surface area contributed by atoms with E-state index in [0.717, 1.165) is 23.4 Å². The van der Waals surface area contributed by atoms with Gasteiger partial charge >= 0.3 is 0 Å². The lowest BCUT2D eigenvalue weighted by atomic mass is 10.2. The van der Waals surface area contributed by atoms with Gasteiger partial charge in [0.25, 0.3) is 5.89 Å². The third kappa shape index (κ3) is 2.85. The van der Waals surface area contributed by atoms with Gasteiger partial charge in [-0.3, -0.25) is 4.68 Å². The molecule has 1 aromatic carbocycles. The molecular weight excluding hydrogens is 330 g/mol. The van der Waals surface area contributed by atoms with Crippen LogP contribution in [0.5, 0.6) is 0 Å². The molecule has 0 aliphatic carbocycles. The predicted molar refractivity (Wildman–Crippen MR) is 96.7 cm³/mol. The molecule has 2 N–H and O–H groups in total. The van der Waals surface area contributed by atoms with Gasteiger partial charge < -0.3 is 10.3 Å². The zero-order valence-corrected chi connectivity index (χ0v) is 14.6. The van der Waals surface area contributed by atoms with E-state index < -0.39 is 0 Å². The van der Waals surface area contributed by atoms with E-state index in [0.29, 0.717) is 17.5 Å². The summed E-state index contributed by atoms with van der Waals surface area (Å²) in [5.74, 6) is 1.69. The lowest BCUT2D eigenvalue weighted by Crippen LogP contribution is -2.10. The van der Waals surface area contributed by atoms with Gasteiger partial charge in [-0.1, -0.05) is 12.1 Å². The number of nitrogen functional groups attached to an aromatic ring is 1. The summed E-state index contributed by atoms with van der Waals surface area (Å²) in [6.07, 6.45) is 4.44. The molecule has 0 aliphatic heterocycles.